The van der Waals surface area contributed by atoms with E-state index < -0.39 is 5.97 Å². The molecular weight excluding hydrogens is 240 g/mol. The van der Waals surface area contributed by atoms with Crippen molar-refractivity contribution in [3.8, 4) is 0 Å². The third kappa shape index (κ3) is 1.88. The molecule has 1 saturated heterocycles. The standard InChI is InChI=1S/C16H20O3/c1-11-3-2-4-13-12(11)5-6-14(15(17)18)16(13)7-9-19-10-8-16/h2-4,14H,5-10H2,1H3,(H,17,18). The Labute approximate surface area is 113 Å². The second kappa shape index (κ2) is 4.64. The molecule has 102 valence electrons. The molecule has 19 heavy (non-hydrogen) atoms. The van der Waals surface area contributed by atoms with E-state index in [4.69, 9.17) is 4.74 Å². The molecule has 0 aromatic heterocycles. The molecule has 2 aliphatic rings. The minimum Gasteiger partial charge on any atom is -0.481 e. The highest BCUT2D eigenvalue weighted by Crippen LogP contribution is 2.48. The summed E-state index contributed by atoms with van der Waals surface area (Å²) >= 11 is 0. The van der Waals surface area contributed by atoms with E-state index in [1.54, 1.807) is 0 Å². The maximum absolute atomic E-state index is 11.7. The number of aliphatic carboxylic acids is 1. The van der Waals surface area contributed by atoms with E-state index in [2.05, 4.69) is 25.1 Å². The fraction of sp³-hybridized carbons (Fsp3) is 0.562. The van der Waals surface area contributed by atoms with Crippen LogP contribution in [0.25, 0.3) is 0 Å². The minimum absolute atomic E-state index is 0.205. The summed E-state index contributed by atoms with van der Waals surface area (Å²) in [6.07, 6.45) is 3.32. The molecule has 1 N–H and O–H groups in total. The Morgan fingerprint density at radius 3 is 2.79 bits per heavy atom. The van der Waals surface area contributed by atoms with Crippen LogP contribution < -0.4 is 0 Å². The molecule has 1 heterocycles. The number of fused-ring (bicyclic) bond motifs is 2. The number of hydrogen-bond acceptors (Lipinski definition) is 2. The summed E-state index contributed by atoms with van der Waals surface area (Å²) in [5, 5.41) is 9.61. The molecule has 0 bridgehead atoms. The lowest BCUT2D eigenvalue weighted by molar-refractivity contribution is -0.147. The van der Waals surface area contributed by atoms with Crippen molar-refractivity contribution < 1.29 is 14.6 Å². The topological polar surface area (TPSA) is 46.5 Å². The minimum atomic E-state index is -0.644. The lowest BCUT2D eigenvalue weighted by Gasteiger charge is -2.46. The smallest absolute Gasteiger partial charge is 0.307 e. The van der Waals surface area contributed by atoms with E-state index in [9.17, 15) is 9.90 Å². The molecule has 1 aliphatic heterocycles. The van der Waals surface area contributed by atoms with Gasteiger partial charge in [-0.1, -0.05) is 18.2 Å². The first-order chi connectivity index (χ1) is 9.15. The molecule has 0 saturated carbocycles. The third-order valence-corrected chi connectivity index (χ3v) is 4.98. The molecule has 1 aliphatic carbocycles. The average Bonchev–Trinajstić information content (AvgIpc) is 2.41. The predicted octanol–water partition coefficient (Wildman–Crippen LogP) is 2.69. The van der Waals surface area contributed by atoms with Crippen molar-refractivity contribution >= 4 is 5.97 Å². The predicted molar refractivity (Wildman–Crippen MR) is 72.4 cm³/mol. The summed E-state index contributed by atoms with van der Waals surface area (Å²) < 4.78 is 5.48. The Kier molecular flexibility index (Phi) is 3.09. The van der Waals surface area contributed by atoms with Crippen LogP contribution in [0.15, 0.2) is 18.2 Å². The van der Waals surface area contributed by atoms with Gasteiger partial charge in [0.15, 0.2) is 0 Å². The van der Waals surface area contributed by atoms with Crippen molar-refractivity contribution in [3.63, 3.8) is 0 Å². The Balaban J connectivity index is 2.15. The monoisotopic (exact) mass is 260 g/mol. The van der Waals surface area contributed by atoms with E-state index in [1.165, 1.54) is 16.7 Å². The molecule has 1 fully saturated rings. The zero-order valence-electron chi connectivity index (χ0n) is 11.3. The highest BCUT2D eigenvalue weighted by Gasteiger charge is 2.48. The molecule has 1 aromatic rings. The van der Waals surface area contributed by atoms with Crippen molar-refractivity contribution in [1.82, 2.24) is 0 Å². The van der Waals surface area contributed by atoms with Gasteiger partial charge in [-0.3, -0.25) is 4.79 Å². The van der Waals surface area contributed by atoms with Crippen LogP contribution in [0, 0.1) is 12.8 Å². The lowest BCUT2D eigenvalue weighted by atomic mass is 9.59. The fourth-order valence-corrected chi connectivity index (χ4v) is 3.97. The van der Waals surface area contributed by atoms with Gasteiger partial charge in [0.25, 0.3) is 0 Å². The Morgan fingerprint density at radius 1 is 1.37 bits per heavy atom. The number of carbonyl (C=O) groups is 1. The maximum atomic E-state index is 11.7. The molecule has 3 rings (SSSR count). The summed E-state index contributed by atoms with van der Waals surface area (Å²) in [4.78, 5) is 11.7. The Bertz CT molecular complexity index is 501. The van der Waals surface area contributed by atoms with E-state index in [0.717, 1.165) is 25.7 Å². The van der Waals surface area contributed by atoms with Gasteiger partial charge in [-0.05, 0) is 49.3 Å². The number of hydrogen-bond donors (Lipinski definition) is 1. The van der Waals surface area contributed by atoms with Gasteiger partial charge in [-0.15, -0.1) is 0 Å². The number of ether oxygens (including phenoxy) is 1. The van der Waals surface area contributed by atoms with E-state index in [-0.39, 0.29) is 11.3 Å². The molecule has 1 aromatic carbocycles. The van der Waals surface area contributed by atoms with Gasteiger partial charge in [0.2, 0.25) is 0 Å². The molecule has 0 amide bonds. The van der Waals surface area contributed by atoms with E-state index in [0.29, 0.717) is 13.2 Å². The SMILES string of the molecule is Cc1cccc2c1CCC(C(=O)O)C21CCOCC1. The van der Waals surface area contributed by atoms with Crippen LogP contribution in [-0.4, -0.2) is 24.3 Å². The van der Waals surface area contributed by atoms with Gasteiger partial charge in [-0.25, -0.2) is 0 Å². The number of carboxylic acid groups (broad SMARTS) is 1. The molecular formula is C16H20O3. The summed E-state index contributed by atoms with van der Waals surface area (Å²) in [6.45, 7) is 3.49. The van der Waals surface area contributed by atoms with Gasteiger partial charge >= 0.3 is 5.97 Å². The summed E-state index contributed by atoms with van der Waals surface area (Å²) in [5.74, 6) is -0.903. The fourth-order valence-electron chi connectivity index (χ4n) is 3.97. The molecule has 1 atom stereocenters. The summed E-state index contributed by atoms with van der Waals surface area (Å²) in [5.41, 5.74) is 3.74. The van der Waals surface area contributed by atoms with E-state index in [1.807, 2.05) is 0 Å². The molecule has 3 heteroatoms. The van der Waals surface area contributed by atoms with Gasteiger partial charge in [0, 0.05) is 18.6 Å². The van der Waals surface area contributed by atoms with Crippen molar-refractivity contribution in [2.45, 2.75) is 38.0 Å². The molecule has 1 spiro atoms. The normalized spacial score (nSPS) is 25.0. The van der Waals surface area contributed by atoms with Crippen LogP contribution in [-0.2, 0) is 21.4 Å². The summed E-state index contributed by atoms with van der Waals surface area (Å²) in [6, 6.07) is 6.34. The zero-order chi connectivity index (χ0) is 13.5. The second-order valence-corrected chi connectivity index (χ2v) is 5.80. The highest BCUT2D eigenvalue weighted by atomic mass is 16.5. The first-order valence-electron chi connectivity index (χ1n) is 7.05. The Morgan fingerprint density at radius 2 is 2.11 bits per heavy atom. The van der Waals surface area contributed by atoms with Crippen molar-refractivity contribution in [2.75, 3.05) is 13.2 Å². The number of carboxylic acids is 1. The van der Waals surface area contributed by atoms with Crippen LogP contribution in [0.3, 0.4) is 0 Å². The average molecular weight is 260 g/mol. The van der Waals surface area contributed by atoms with Gasteiger partial charge in [-0.2, -0.15) is 0 Å². The summed E-state index contributed by atoms with van der Waals surface area (Å²) in [7, 11) is 0. The Hall–Kier alpha value is -1.35. The number of benzene rings is 1. The largest absolute Gasteiger partial charge is 0.481 e. The zero-order valence-corrected chi connectivity index (χ0v) is 11.3. The number of rotatable bonds is 1. The number of aryl methyl sites for hydroxylation is 1. The van der Waals surface area contributed by atoms with Crippen LogP contribution in [0.2, 0.25) is 0 Å². The van der Waals surface area contributed by atoms with Crippen LogP contribution in [0.5, 0.6) is 0 Å². The van der Waals surface area contributed by atoms with Crippen LogP contribution in [0.4, 0.5) is 0 Å². The van der Waals surface area contributed by atoms with Gasteiger partial charge < -0.3 is 9.84 Å². The quantitative estimate of drug-likeness (QED) is 0.844. The molecule has 0 radical (unpaired) electrons. The van der Waals surface area contributed by atoms with Crippen molar-refractivity contribution in [1.29, 1.82) is 0 Å². The lowest BCUT2D eigenvalue weighted by Crippen LogP contribution is -2.47. The van der Waals surface area contributed by atoms with Crippen molar-refractivity contribution in [3.05, 3.63) is 34.9 Å². The second-order valence-electron chi connectivity index (χ2n) is 5.80. The highest BCUT2D eigenvalue weighted by molar-refractivity contribution is 5.73. The van der Waals surface area contributed by atoms with Crippen molar-refractivity contribution in [2.24, 2.45) is 5.92 Å². The van der Waals surface area contributed by atoms with E-state index >= 15 is 0 Å². The van der Waals surface area contributed by atoms with Gasteiger partial charge in [0.05, 0.1) is 5.92 Å². The van der Waals surface area contributed by atoms with Gasteiger partial charge in [0.1, 0.15) is 0 Å². The maximum Gasteiger partial charge on any atom is 0.307 e. The first kappa shape index (κ1) is 12.7. The first-order valence-corrected chi connectivity index (χ1v) is 7.05. The molecule has 1 unspecified atom stereocenters. The van der Waals surface area contributed by atoms with Crippen LogP contribution >= 0.6 is 0 Å². The van der Waals surface area contributed by atoms with Crippen LogP contribution in [0.1, 0.15) is 36.0 Å². The molecule has 3 nitrogen and oxygen atoms in total. The third-order valence-electron chi connectivity index (χ3n) is 4.98.